The molecule has 3 heterocycles. The number of carbonyl (C=O) groups is 1. The standard InChI is InChI=1S/C15H21N3O2S/c1-11-16-6-4-14(17-11)15(19)18(12-5-8-21-10-12)9-13-3-2-7-20-13/h4,6,12-13H,2-3,5,7-10H2,1H3/t12-,13+/m0/s1. The topological polar surface area (TPSA) is 55.3 Å². The minimum absolute atomic E-state index is 0.0171. The predicted octanol–water partition coefficient (Wildman–Crippen LogP) is 1.91. The number of hydrogen-bond donors (Lipinski definition) is 0. The molecule has 114 valence electrons. The molecule has 1 amide bonds. The van der Waals surface area contributed by atoms with Crippen LogP contribution in [-0.2, 0) is 4.74 Å². The maximum atomic E-state index is 12.8. The summed E-state index contributed by atoms with van der Waals surface area (Å²) in [6.45, 7) is 3.32. The van der Waals surface area contributed by atoms with Crippen molar-refractivity contribution in [3.63, 3.8) is 0 Å². The fourth-order valence-electron chi connectivity index (χ4n) is 2.90. The van der Waals surface area contributed by atoms with Crippen molar-refractivity contribution in [3.8, 4) is 0 Å². The van der Waals surface area contributed by atoms with Gasteiger partial charge in [-0.15, -0.1) is 0 Å². The Morgan fingerprint density at radius 3 is 3.10 bits per heavy atom. The second kappa shape index (κ2) is 6.75. The number of thioether (sulfide) groups is 1. The molecule has 0 radical (unpaired) electrons. The van der Waals surface area contributed by atoms with Gasteiger partial charge < -0.3 is 9.64 Å². The van der Waals surface area contributed by atoms with Crippen molar-refractivity contribution in [1.82, 2.24) is 14.9 Å². The maximum absolute atomic E-state index is 12.8. The van der Waals surface area contributed by atoms with Crippen LogP contribution < -0.4 is 0 Å². The zero-order chi connectivity index (χ0) is 14.7. The van der Waals surface area contributed by atoms with Gasteiger partial charge in [0.15, 0.2) is 0 Å². The lowest BCUT2D eigenvalue weighted by Gasteiger charge is -2.30. The number of nitrogens with zero attached hydrogens (tertiary/aromatic N) is 3. The lowest BCUT2D eigenvalue weighted by Crippen LogP contribution is -2.45. The van der Waals surface area contributed by atoms with Crippen LogP contribution >= 0.6 is 11.8 Å². The summed E-state index contributed by atoms with van der Waals surface area (Å²) in [5, 5.41) is 0. The largest absolute Gasteiger partial charge is 0.376 e. The van der Waals surface area contributed by atoms with Crippen LogP contribution in [0.3, 0.4) is 0 Å². The Kier molecular flexibility index (Phi) is 4.75. The molecule has 6 heteroatoms. The van der Waals surface area contributed by atoms with E-state index in [1.165, 1.54) is 0 Å². The Balaban J connectivity index is 1.77. The number of rotatable bonds is 4. The molecule has 0 N–H and O–H groups in total. The van der Waals surface area contributed by atoms with Crippen molar-refractivity contribution in [2.24, 2.45) is 0 Å². The van der Waals surface area contributed by atoms with E-state index in [4.69, 9.17) is 4.74 Å². The number of carbonyl (C=O) groups excluding carboxylic acids is 1. The molecule has 2 fully saturated rings. The molecule has 2 aliphatic rings. The first-order valence-electron chi connectivity index (χ1n) is 7.54. The highest BCUT2D eigenvalue weighted by Gasteiger charge is 2.31. The van der Waals surface area contributed by atoms with Crippen LogP contribution in [0.2, 0.25) is 0 Å². The zero-order valence-corrected chi connectivity index (χ0v) is 13.1. The molecule has 1 aromatic heterocycles. The molecule has 2 atom stereocenters. The number of hydrogen-bond acceptors (Lipinski definition) is 5. The van der Waals surface area contributed by atoms with Gasteiger partial charge in [0.25, 0.3) is 5.91 Å². The number of ether oxygens (including phenoxy) is 1. The molecular weight excluding hydrogens is 286 g/mol. The van der Waals surface area contributed by atoms with Crippen LogP contribution in [0.15, 0.2) is 12.3 Å². The van der Waals surface area contributed by atoms with Crippen molar-refractivity contribution in [2.75, 3.05) is 24.7 Å². The van der Waals surface area contributed by atoms with Crippen molar-refractivity contribution in [1.29, 1.82) is 0 Å². The van der Waals surface area contributed by atoms with Crippen LogP contribution in [0.4, 0.5) is 0 Å². The smallest absolute Gasteiger partial charge is 0.272 e. The number of aromatic nitrogens is 2. The summed E-state index contributed by atoms with van der Waals surface area (Å²) in [7, 11) is 0. The second-order valence-electron chi connectivity index (χ2n) is 5.60. The zero-order valence-electron chi connectivity index (χ0n) is 12.3. The van der Waals surface area contributed by atoms with E-state index in [1.54, 1.807) is 12.3 Å². The van der Waals surface area contributed by atoms with Gasteiger partial charge in [-0.2, -0.15) is 11.8 Å². The van der Waals surface area contributed by atoms with Gasteiger partial charge in [0.1, 0.15) is 11.5 Å². The van der Waals surface area contributed by atoms with Crippen molar-refractivity contribution in [3.05, 3.63) is 23.8 Å². The van der Waals surface area contributed by atoms with E-state index in [0.717, 1.165) is 37.4 Å². The van der Waals surface area contributed by atoms with E-state index in [1.807, 2.05) is 23.6 Å². The fraction of sp³-hybridized carbons (Fsp3) is 0.667. The molecular formula is C15H21N3O2S. The second-order valence-corrected chi connectivity index (χ2v) is 6.75. The van der Waals surface area contributed by atoms with Crippen LogP contribution in [0, 0.1) is 6.92 Å². The Morgan fingerprint density at radius 2 is 2.43 bits per heavy atom. The van der Waals surface area contributed by atoms with Gasteiger partial charge in [-0.1, -0.05) is 0 Å². The first kappa shape index (κ1) is 14.8. The van der Waals surface area contributed by atoms with Crippen LogP contribution in [-0.4, -0.2) is 57.6 Å². The first-order chi connectivity index (χ1) is 10.2. The average molecular weight is 307 g/mol. The molecule has 0 saturated carbocycles. The Hall–Kier alpha value is -1.14. The molecule has 0 aromatic carbocycles. The van der Waals surface area contributed by atoms with E-state index < -0.39 is 0 Å². The van der Waals surface area contributed by atoms with E-state index in [-0.39, 0.29) is 12.0 Å². The highest BCUT2D eigenvalue weighted by Crippen LogP contribution is 2.25. The van der Waals surface area contributed by atoms with Gasteiger partial charge in [0, 0.05) is 31.1 Å². The van der Waals surface area contributed by atoms with E-state index >= 15 is 0 Å². The van der Waals surface area contributed by atoms with Gasteiger partial charge in [-0.25, -0.2) is 9.97 Å². The lowest BCUT2D eigenvalue weighted by atomic mass is 10.1. The molecule has 0 bridgehead atoms. The molecule has 0 unspecified atom stereocenters. The summed E-state index contributed by atoms with van der Waals surface area (Å²) >= 11 is 1.92. The third-order valence-electron chi connectivity index (χ3n) is 4.03. The third kappa shape index (κ3) is 3.55. The highest BCUT2D eigenvalue weighted by molar-refractivity contribution is 7.99. The summed E-state index contributed by atoms with van der Waals surface area (Å²) in [6, 6.07) is 2.02. The minimum atomic E-state index is 0.0171. The Morgan fingerprint density at radius 1 is 1.52 bits per heavy atom. The molecule has 2 aliphatic heterocycles. The molecule has 21 heavy (non-hydrogen) atoms. The summed E-state index contributed by atoms with van der Waals surface area (Å²) in [5.41, 5.74) is 0.498. The normalized spacial score (nSPS) is 25.2. The first-order valence-corrected chi connectivity index (χ1v) is 8.69. The van der Waals surface area contributed by atoms with Crippen molar-refractivity contribution >= 4 is 17.7 Å². The van der Waals surface area contributed by atoms with Gasteiger partial charge in [0.2, 0.25) is 0 Å². The third-order valence-corrected chi connectivity index (χ3v) is 5.17. The molecule has 1 aromatic rings. The van der Waals surface area contributed by atoms with Gasteiger partial charge in [-0.05, 0) is 38.0 Å². The molecule has 2 saturated heterocycles. The van der Waals surface area contributed by atoms with E-state index in [0.29, 0.717) is 24.1 Å². The number of amides is 1. The molecule has 3 rings (SSSR count). The fourth-order valence-corrected chi connectivity index (χ4v) is 4.12. The number of aryl methyl sites for hydroxylation is 1. The summed E-state index contributed by atoms with van der Waals surface area (Å²) in [6.07, 6.45) is 5.05. The van der Waals surface area contributed by atoms with Crippen LogP contribution in [0.25, 0.3) is 0 Å². The van der Waals surface area contributed by atoms with Crippen molar-refractivity contribution < 1.29 is 9.53 Å². The Bertz CT molecular complexity index is 499. The average Bonchev–Trinajstić information content (AvgIpc) is 3.17. The van der Waals surface area contributed by atoms with Crippen molar-refractivity contribution in [2.45, 2.75) is 38.3 Å². The quantitative estimate of drug-likeness (QED) is 0.850. The van der Waals surface area contributed by atoms with Gasteiger partial charge in [0.05, 0.1) is 6.10 Å². The summed E-state index contributed by atoms with van der Waals surface area (Å²) in [4.78, 5) is 23.2. The monoisotopic (exact) mass is 307 g/mol. The van der Waals surface area contributed by atoms with Gasteiger partial charge >= 0.3 is 0 Å². The van der Waals surface area contributed by atoms with Crippen LogP contribution in [0.1, 0.15) is 35.6 Å². The van der Waals surface area contributed by atoms with E-state index in [9.17, 15) is 4.79 Å². The lowest BCUT2D eigenvalue weighted by molar-refractivity contribution is 0.0437. The van der Waals surface area contributed by atoms with Gasteiger partial charge in [-0.3, -0.25) is 4.79 Å². The van der Waals surface area contributed by atoms with Crippen LogP contribution in [0.5, 0.6) is 0 Å². The minimum Gasteiger partial charge on any atom is -0.376 e. The molecule has 0 spiro atoms. The SMILES string of the molecule is Cc1nccc(C(=O)N(C[C@H]2CCCO2)[C@H]2CCSC2)n1. The predicted molar refractivity (Wildman–Crippen MR) is 82.5 cm³/mol. The summed E-state index contributed by atoms with van der Waals surface area (Å²) < 4.78 is 5.72. The summed E-state index contributed by atoms with van der Waals surface area (Å²) in [5.74, 6) is 2.80. The molecule has 5 nitrogen and oxygen atoms in total. The maximum Gasteiger partial charge on any atom is 0.272 e. The highest BCUT2D eigenvalue weighted by atomic mass is 32.2. The Labute approximate surface area is 129 Å². The molecule has 0 aliphatic carbocycles. The van der Waals surface area contributed by atoms with E-state index in [2.05, 4.69) is 9.97 Å².